The summed E-state index contributed by atoms with van der Waals surface area (Å²) in [5.74, 6) is -1.05. The van der Waals surface area contributed by atoms with Crippen molar-refractivity contribution in [2.24, 2.45) is 11.7 Å². The molecule has 2 amide bonds. The monoisotopic (exact) mass is 469 g/mol. The third-order valence-corrected chi connectivity index (χ3v) is 7.35. The molecule has 2 aromatic carbocycles. The third-order valence-electron chi connectivity index (χ3n) is 5.04. The summed E-state index contributed by atoms with van der Waals surface area (Å²) in [6.07, 6.45) is 0.905. The molecular formula is C20H21Cl2N3O4S. The second-order valence-electron chi connectivity index (χ2n) is 6.98. The summed E-state index contributed by atoms with van der Waals surface area (Å²) < 4.78 is 27.7. The number of primary amides is 1. The number of sulfonamides is 1. The van der Waals surface area contributed by atoms with Crippen LogP contribution in [0.3, 0.4) is 0 Å². The normalized spacial score (nSPS) is 15.1. The Bertz CT molecular complexity index is 1040. The van der Waals surface area contributed by atoms with Gasteiger partial charge in [0, 0.05) is 24.0 Å². The van der Waals surface area contributed by atoms with Gasteiger partial charge in [0.05, 0.1) is 15.6 Å². The van der Waals surface area contributed by atoms with E-state index in [0.29, 0.717) is 31.0 Å². The van der Waals surface area contributed by atoms with Gasteiger partial charge in [-0.25, -0.2) is 8.42 Å². The van der Waals surface area contributed by atoms with Crippen molar-refractivity contribution in [1.82, 2.24) is 4.90 Å². The number of nitrogens with zero attached hydrogens (tertiary/aromatic N) is 2. The van der Waals surface area contributed by atoms with Crippen LogP contribution in [0.5, 0.6) is 0 Å². The minimum atomic E-state index is -4.06. The van der Waals surface area contributed by atoms with Crippen LogP contribution >= 0.6 is 23.2 Å². The number of benzene rings is 2. The van der Waals surface area contributed by atoms with Crippen molar-refractivity contribution in [3.05, 3.63) is 58.6 Å². The van der Waals surface area contributed by atoms with Crippen molar-refractivity contribution in [2.45, 2.75) is 17.7 Å². The molecule has 7 nitrogen and oxygen atoms in total. The third kappa shape index (κ3) is 4.88. The summed E-state index contributed by atoms with van der Waals surface area (Å²) in [6.45, 7) is 0.236. The van der Waals surface area contributed by atoms with Crippen molar-refractivity contribution in [1.29, 1.82) is 0 Å². The number of carbonyl (C=O) groups is 2. The molecule has 0 saturated carbocycles. The lowest BCUT2D eigenvalue weighted by Gasteiger charge is -2.33. The average molecular weight is 470 g/mol. The number of amides is 2. The molecule has 1 aliphatic rings. The molecule has 0 atom stereocenters. The second kappa shape index (κ2) is 9.24. The fourth-order valence-corrected chi connectivity index (χ4v) is 5.35. The first-order valence-corrected chi connectivity index (χ1v) is 11.5. The molecule has 0 spiro atoms. The van der Waals surface area contributed by atoms with Crippen LogP contribution in [0, 0.1) is 5.92 Å². The zero-order valence-corrected chi connectivity index (χ0v) is 18.3. The maximum Gasteiger partial charge on any atom is 0.264 e. The fourth-order valence-electron chi connectivity index (χ4n) is 3.34. The summed E-state index contributed by atoms with van der Waals surface area (Å²) in [5.41, 5.74) is 5.50. The van der Waals surface area contributed by atoms with Crippen LogP contribution < -0.4 is 10.0 Å². The van der Waals surface area contributed by atoms with Gasteiger partial charge in [-0.1, -0.05) is 41.4 Å². The van der Waals surface area contributed by atoms with Gasteiger partial charge in [0.2, 0.25) is 11.8 Å². The standard InChI is InChI=1S/C20H21Cl2N3O4S/c21-15-6-7-18(17(22)12-15)25(30(28,29)16-4-2-1-3-5-16)13-19(26)24-10-8-14(9-11-24)20(23)27/h1-7,12,14H,8-11,13H2,(H2,23,27). The summed E-state index contributed by atoms with van der Waals surface area (Å²) in [5, 5.41) is 0.461. The van der Waals surface area contributed by atoms with Gasteiger partial charge in [0.1, 0.15) is 6.54 Å². The van der Waals surface area contributed by atoms with Crippen LogP contribution in [0.1, 0.15) is 12.8 Å². The van der Waals surface area contributed by atoms with Crippen LogP contribution in [0.15, 0.2) is 53.4 Å². The molecule has 2 aromatic rings. The zero-order valence-electron chi connectivity index (χ0n) is 16.0. The maximum absolute atomic E-state index is 13.3. The van der Waals surface area contributed by atoms with Gasteiger partial charge in [0.25, 0.3) is 10.0 Å². The minimum absolute atomic E-state index is 0.0382. The number of anilines is 1. The average Bonchev–Trinajstić information content (AvgIpc) is 2.73. The summed E-state index contributed by atoms with van der Waals surface area (Å²) in [4.78, 5) is 25.9. The molecule has 0 radical (unpaired) electrons. The Kier molecular flexibility index (Phi) is 6.90. The highest BCUT2D eigenvalue weighted by molar-refractivity contribution is 7.92. The first-order chi connectivity index (χ1) is 14.2. The van der Waals surface area contributed by atoms with Gasteiger partial charge in [-0.2, -0.15) is 0 Å². The Morgan fingerprint density at radius 2 is 1.70 bits per heavy atom. The number of likely N-dealkylation sites (tertiary alicyclic amines) is 1. The van der Waals surface area contributed by atoms with Gasteiger partial charge < -0.3 is 10.6 Å². The highest BCUT2D eigenvalue weighted by atomic mass is 35.5. The van der Waals surface area contributed by atoms with Gasteiger partial charge in [-0.3, -0.25) is 13.9 Å². The quantitative estimate of drug-likeness (QED) is 0.702. The Balaban J connectivity index is 1.91. The van der Waals surface area contributed by atoms with Crippen LogP contribution in [0.2, 0.25) is 10.0 Å². The lowest BCUT2D eigenvalue weighted by molar-refractivity contribution is -0.133. The molecule has 0 unspecified atom stereocenters. The first-order valence-electron chi connectivity index (χ1n) is 9.30. The van der Waals surface area contributed by atoms with E-state index in [9.17, 15) is 18.0 Å². The van der Waals surface area contributed by atoms with E-state index in [1.54, 1.807) is 18.2 Å². The molecule has 0 aromatic heterocycles. The number of rotatable bonds is 6. The van der Waals surface area contributed by atoms with Crippen molar-refractivity contribution in [3.63, 3.8) is 0 Å². The lowest BCUT2D eigenvalue weighted by Crippen LogP contribution is -2.47. The molecule has 160 valence electrons. The molecule has 1 heterocycles. The summed E-state index contributed by atoms with van der Waals surface area (Å²) in [6, 6.07) is 12.2. The number of halogens is 2. The Labute approximate surface area is 185 Å². The van der Waals surface area contributed by atoms with Crippen LogP contribution in [0.25, 0.3) is 0 Å². The number of hydrogen-bond donors (Lipinski definition) is 1. The highest BCUT2D eigenvalue weighted by Gasteiger charge is 2.32. The fraction of sp³-hybridized carbons (Fsp3) is 0.300. The molecule has 10 heteroatoms. The molecular weight excluding hydrogens is 449 g/mol. The second-order valence-corrected chi connectivity index (χ2v) is 9.68. The molecule has 2 N–H and O–H groups in total. The van der Waals surface area contributed by atoms with Gasteiger partial charge in [0.15, 0.2) is 0 Å². The van der Waals surface area contributed by atoms with Crippen LogP contribution in [-0.2, 0) is 19.6 Å². The van der Waals surface area contributed by atoms with E-state index >= 15 is 0 Å². The Morgan fingerprint density at radius 3 is 2.27 bits per heavy atom. The molecule has 1 saturated heterocycles. The lowest BCUT2D eigenvalue weighted by atomic mass is 9.96. The van der Waals surface area contributed by atoms with E-state index < -0.39 is 16.6 Å². The maximum atomic E-state index is 13.3. The van der Waals surface area contributed by atoms with Gasteiger partial charge >= 0.3 is 0 Å². The molecule has 1 fully saturated rings. The molecule has 1 aliphatic heterocycles. The SMILES string of the molecule is NC(=O)C1CCN(C(=O)CN(c2ccc(Cl)cc2Cl)S(=O)(=O)c2ccccc2)CC1. The van der Waals surface area contributed by atoms with Crippen LogP contribution in [0.4, 0.5) is 5.69 Å². The Morgan fingerprint density at radius 1 is 1.07 bits per heavy atom. The van der Waals surface area contributed by atoms with E-state index in [4.69, 9.17) is 28.9 Å². The topological polar surface area (TPSA) is 101 Å². The van der Waals surface area contributed by atoms with Crippen molar-refractivity contribution >= 4 is 50.7 Å². The number of piperidine rings is 1. The number of carbonyl (C=O) groups excluding carboxylic acids is 2. The van der Waals surface area contributed by atoms with Crippen molar-refractivity contribution in [3.8, 4) is 0 Å². The minimum Gasteiger partial charge on any atom is -0.369 e. The van der Waals surface area contributed by atoms with E-state index in [-0.39, 0.29) is 33.3 Å². The Hall–Kier alpha value is -2.29. The van der Waals surface area contributed by atoms with Gasteiger partial charge in [-0.05, 0) is 43.2 Å². The molecule has 3 rings (SSSR count). The van der Waals surface area contributed by atoms with E-state index in [1.807, 2.05) is 0 Å². The molecule has 0 aliphatic carbocycles. The van der Waals surface area contributed by atoms with Crippen LogP contribution in [-0.4, -0.2) is 44.8 Å². The number of hydrogen-bond acceptors (Lipinski definition) is 4. The van der Waals surface area contributed by atoms with Crippen molar-refractivity contribution in [2.75, 3.05) is 23.9 Å². The largest absolute Gasteiger partial charge is 0.369 e. The molecule has 30 heavy (non-hydrogen) atoms. The smallest absolute Gasteiger partial charge is 0.264 e. The van der Waals surface area contributed by atoms with E-state index in [2.05, 4.69) is 0 Å². The zero-order chi connectivity index (χ0) is 21.9. The number of nitrogens with two attached hydrogens (primary N) is 1. The predicted molar refractivity (Wildman–Crippen MR) is 116 cm³/mol. The van der Waals surface area contributed by atoms with Gasteiger partial charge in [-0.15, -0.1) is 0 Å². The first kappa shape index (κ1) is 22.4. The summed E-state index contributed by atoms with van der Waals surface area (Å²) >= 11 is 12.2. The molecule has 0 bridgehead atoms. The predicted octanol–water partition coefficient (Wildman–Crippen LogP) is 2.91. The van der Waals surface area contributed by atoms with E-state index in [0.717, 1.165) is 4.31 Å². The van der Waals surface area contributed by atoms with Crippen molar-refractivity contribution < 1.29 is 18.0 Å². The highest BCUT2D eigenvalue weighted by Crippen LogP contribution is 2.33. The van der Waals surface area contributed by atoms with E-state index in [1.165, 1.54) is 35.2 Å². The summed E-state index contributed by atoms with van der Waals surface area (Å²) in [7, 11) is -4.06.